The SMILES string of the molecule is O=C(CC1CCCNC1)Nc1cccc(OC(F)(F)F)c1. The molecule has 0 aromatic heterocycles. The Labute approximate surface area is 120 Å². The van der Waals surface area contributed by atoms with Gasteiger partial charge in [-0.25, -0.2) is 0 Å². The molecule has 1 aliphatic heterocycles. The lowest BCUT2D eigenvalue weighted by Gasteiger charge is -2.22. The fraction of sp³-hybridized carbons (Fsp3) is 0.500. The Morgan fingerprint density at radius 1 is 1.43 bits per heavy atom. The Morgan fingerprint density at radius 3 is 2.90 bits per heavy atom. The van der Waals surface area contributed by atoms with E-state index in [-0.39, 0.29) is 17.6 Å². The van der Waals surface area contributed by atoms with Gasteiger partial charge in [0.2, 0.25) is 5.91 Å². The van der Waals surface area contributed by atoms with Crippen molar-refractivity contribution in [2.75, 3.05) is 18.4 Å². The number of carbonyl (C=O) groups is 1. The van der Waals surface area contributed by atoms with E-state index in [1.807, 2.05) is 0 Å². The van der Waals surface area contributed by atoms with Gasteiger partial charge in [0.1, 0.15) is 5.75 Å². The van der Waals surface area contributed by atoms with Crippen molar-refractivity contribution in [3.05, 3.63) is 24.3 Å². The molecule has 1 fully saturated rings. The normalized spacial score (nSPS) is 19.1. The summed E-state index contributed by atoms with van der Waals surface area (Å²) >= 11 is 0. The van der Waals surface area contributed by atoms with Crippen LogP contribution in [-0.2, 0) is 4.79 Å². The second-order valence-electron chi connectivity index (χ2n) is 5.04. The van der Waals surface area contributed by atoms with Crippen molar-refractivity contribution in [1.82, 2.24) is 5.32 Å². The van der Waals surface area contributed by atoms with Crippen LogP contribution < -0.4 is 15.4 Å². The van der Waals surface area contributed by atoms with Crippen molar-refractivity contribution in [2.24, 2.45) is 5.92 Å². The maximum atomic E-state index is 12.1. The Kier molecular flexibility index (Phi) is 5.06. The van der Waals surface area contributed by atoms with Crippen LogP contribution in [0.1, 0.15) is 19.3 Å². The van der Waals surface area contributed by atoms with Gasteiger partial charge in [0.15, 0.2) is 0 Å². The zero-order valence-electron chi connectivity index (χ0n) is 11.4. The molecule has 1 saturated heterocycles. The predicted molar refractivity (Wildman–Crippen MR) is 72.0 cm³/mol. The van der Waals surface area contributed by atoms with Gasteiger partial charge < -0.3 is 15.4 Å². The summed E-state index contributed by atoms with van der Waals surface area (Å²) in [6.07, 6.45) is -2.36. The summed E-state index contributed by atoms with van der Waals surface area (Å²) in [6, 6.07) is 5.28. The fourth-order valence-corrected chi connectivity index (χ4v) is 2.34. The van der Waals surface area contributed by atoms with Gasteiger partial charge in [-0.3, -0.25) is 4.79 Å². The molecule has 21 heavy (non-hydrogen) atoms. The maximum absolute atomic E-state index is 12.1. The Hall–Kier alpha value is -1.76. The van der Waals surface area contributed by atoms with Gasteiger partial charge >= 0.3 is 6.36 Å². The van der Waals surface area contributed by atoms with E-state index in [2.05, 4.69) is 15.4 Å². The van der Waals surface area contributed by atoms with Crippen molar-refractivity contribution < 1.29 is 22.7 Å². The average Bonchev–Trinajstić information content (AvgIpc) is 2.38. The summed E-state index contributed by atoms with van der Waals surface area (Å²) in [5, 5.41) is 5.82. The van der Waals surface area contributed by atoms with E-state index in [1.165, 1.54) is 18.2 Å². The van der Waals surface area contributed by atoms with Gasteiger partial charge in [0.25, 0.3) is 0 Å². The summed E-state index contributed by atoms with van der Waals surface area (Å²) in [7, 11) is 0. The molecule has 1 aliphatic rings. The smallest absolute Gasteiger partial charge is 0.406 e. The van der Waals surface area contributed by atoms with Gasteiger partial charge in [-0.15, -0.1) is 13.2 Å². The molecule has 1 aromatic rings. The highest BCUT2D eigenvalue weighted by molar-refractivity contribution is 5.91. The Bertz CT molecular complexity index is 485. The van der Waals surface area contributed by atoms with E-state index in [4.69, 9.17) is 0 Å². The molecule has 1 heterocycles. The van der Waals surface area contributed by atoms with Crippen LogP contribution in [0.15, 0.2) is 24.3 Å². The van der Waals surface area contributed by atoms with Crippen LogP contribution in [0.2, 0.25) is 0 Å². The quantitative estimate of drug-likeness (QED) is 0.899. The molecule has 0 saturated carbocycles. The van der Waals surface area contributed by atoms with Crippen LogP contribution in [0.3, 0.4) is 0 Å². The van der Waals surface area contributed by atoms with Gasteiger partial charge in [-0.05, 0) is 44.0 Å². The lowest BCUT2D eigenvalue weighted by Crippen LogP contribution is -2.32. The summed E-state index contributed by atoms with van der Waals surface area (Å²) in [5.74, 6) is -0.277. The highest BCUT2D eigenvalue weighted by Crippen LogP contribution is 2.25. The third-order valence-electron chi connectivity index (χ3n) is 3.22. The molecule has 1 atom stereocenters. The number of carbonyl (C=O) groups excluding carboxylic acids is 1. The molecular formula is C14H17F3N2O2. The third-order valence-corrected chi connectivity index (χ3v) is 3.22. The number of piperidine rings is 1. The zero-order valence-corrected chi connectivity index (χ0v) is 11.4. The molecule has 4 nitrogen and oxygen atoms in total. The number of anilines is 1. The van der Waals surface area contributed by atoms with Crippen LogP contribution in [0.25, 0.3) is 0 Å². The first kappa shape index (κ1) is 15.6. The first-order valence-corrected chi connectivity index (χ1v) is 6.79. The summed E-state index contributed by atoms with van der Waals surface area (Å²) < 4.78 is 40.2. The molecule has 0 spiro atoms. The number of alkyl halides is 3. The second kappa shape index (κ2) is 6.80. The molecule has 0 aliphatic carbocycles. The maximum Gasteiger partial charge on any atom is 0.573 e. The van der Waals surface area contributed by atoms with E-state index >= 15 is 0 Å². The van der Waals surface area contributed by atoms with E-state index in [0.29, 0.717) is 12.1 Å². The average molecular weight is 302 g/mol. The van der Waals surface area contributed by atoms with Gasteiger partial charge in [-0.2, -0.15) is 0 Å². The number of hydrogen-bond acceptors (Lipinski definition) is 3. The molecule has 116 valence electrons. The molecular weight excluding hydrogens is 285 g/mol. The van der Waals surface area contributed by atoms with E-state index in [9.17, 15) is 18.0 Å². The van der Waals surface area contributed by atoms with Crippen molar-refractivity contribution in [1.29, 1.82) is 0 Å². The number of rotatable bonds is 4. The largest absolute Gasteiger partial charge is 0.573 e. The van der Waals surface area contributed by atoms with E-state index in [1.54, 1.807) is 0 Å². The number of nitrogens with one attached hydrogen (secondary N) is 2. The molecule has 2 rings (SSSR count). The van der Waals surface area contributed by atoms with Crippen molar-refractivity contribution >= 4 is 11.6 Å². The van der Waals surface area contributed by atoms with Crippen LogP contribution in [0.4, 0.5) is 18.9 Å². The fourth-order valence-electron chi connectivity index (χ4n) is 2.34. The summed E-state index contributed by atoms with van der Waals surface area (Å²) in [4.78, 5) is 11.9. The molecule has 1 unspecified atom stereocenters. The number of hydrogen-bond donors (Lipinski definition) is 2. The van der Waals surface area contributed by atoms with Crippen molar-refractivity contribution in [3.8, 4) is 5.75 Å². The number of halogens is 3. The van der Waals surface area contributed by atoms with E-state index < -0.39 is 6.36 Å². The van der Waals surface area contributed by atoms with Crippen molar-refractivity contribution in [2.45, 2.75) is 25.6 Å². The number of amides is 1. The Balaban J connectivity index is 1.89. The minimum Gasteiger partial charge on any atom is -0.406 e. The van der Waals surface area contributed by atoms with Gasteiger partial charge in [0, 0.05) is 18.2 Å². The molecule has 1 aromatic carbocycles. The summed E-state index contributed by atoms with van der Waals surface area (Å²) in [6.45, 7) is 1.76. The number of benzene rings is 1. The molecule has 0 bridgehead atoms. The first-order valence-electron chi connectivity index (χ1n) is 6.79. The van der Waals surface area contributed by atoms with Gasteiger partial charge in [-0.1, -0.05) is 6.07 Å². The topological polar surface area (TPSA) is 50.4 Å². The molecule has 1 amide bonds. The first-order chi connectivity index (χ1) is 9.92. The zero-order chi connectivity index (χ0) is 15.3. The minimum absolute atomic E-state index is 0.201. The lowest BCUT2D eigenvalue weighted by atomic mass is 9.96. The standard InChI is InChI=1S/C14H17F3N2O2/c15-14(16,17)21-12-5-1-4-11(8-12)19-13(20)7-10-3-2-6-18-9-10/h1,4-5,8,10,18H,2-3,6-7,9H2,(H,19,20). The van der Waals surface area contributed by atoms with Crippen LogP contribution in [-0.4, -0.2) is 25.4 Å². The van der Waals surface area contributed by atoms with E-state index in [0.717, 1.165) is 32.0 Å². The molecule has 0 radical (unpaired) electrons. The molecule has 7 heteroatoms. The molecule has 2 N–H and O–H groups in total. The summed E-state index contributed by atoms with van der Waals surface area (Å²) in [5.41, 5.74) is 0.297. The van der Waals surface area contributed by atoms with Crippen LogP contribution >= 0.6 is 0 Å². The van der Waals surface area contributed by atoms with Crippen LogP contribution in [0.5, 0.6) is 5.75 Å². The monoisotopic (exact) mass is 302 g/mol. The minimum atomic E-state index is -4.74. The third kappa shape index (κ3) is 5.63. The lowest BCUT2D eigenvalue weighted by molar-refractivity contribution is -0.274. The Morgan fingerprint density at radius 2 is 2.24 bits per heavy atom. The highest BCUT2D eigenvalue weighted by Gasteiger charge is 2.31. The predicted octanol–water partition coefficient (Wildman–Crippen LogP) is 2.91. The second-order valence-corrected chi connectivity index (χ2v) is 5.04. The highest BCUT2D eigenvalue weighted by atomic mass is 19.4. The van der Waals surface area contributed by atoms with Crippen molar-refractivity contribution in [3.63, 3.8) is 0 Å². The van der Waals surface area contributed by atoms with Gasteiger partial charge in [0.05, 0.1) is 0 Å². The van der Waals surface area contributed by atoms with Crippen LogP contribution in [0, 0.1) is 5.92 Å². The number of ether oxygens (including phenoxy) is 1.